The summed E-state index contributed by atoms with van der Waals surface area (Å²) in [7, 11) is 3.28. The van der Waals surface area contributed by atoms with Gasteiger partial charge in [0.05, 0.1) is 6.54 Å². The molecule has 0 bridgehead atoms. The normalized spacial score (nSPS) is 15.3. The van der Waals surface area contributed by atoms with Crippen LogP contribution in [0.3, 0.4) is 0 Å². The Morgan fingerprint density at radius 1 is 1.22 bits per heavy atom. The van der Waals surface area contributed by atoms with Crippen LogP contribution in [0.1, 0.15) is 5.56 Å². The first-order valence-corrected chi connectivity index (χ1v) is 7.69. The minimum atomic E-state index is -0.263. The standard InChI is InChI=1S/C16H24N4O3/c1-18(2)16(23)17-11-15(22)20-8-6-19(7-9-20)12-13-4-3-5-14(21)10-13/h3-5,10,21H,6-9,11-12H2,1-2H3,(H,17,23). The predicted molar refractivity (Wildman–Crippen MR) is 87.0 cm³/mol. The number of hydrogen-bond donors (Lipinski definition) is 2. The first kappa shape index (κ1) is 17.1. The molecule has 0 atom stereocenters. The van der Waals surface area contributed by atoms with Gasteiger partial charge in [-0.25, -0.2) is 4.79 Å². The summed E-state index contributed by atoms with van der Waals surface area (Å²) in [5, 5.41) is 12.1. The molecule has 7 heteroatoms. The summed E-state index contributed by atoms with van der Waals surface area (Å²) < 4.78 is 0. The third-order valence-electron chi connectivity index (χ3n) is 3.84. The molecule has 7 nitrogen and oxygen atoms in total. The van der Waals surface area contributed by atoms with Crippen molar-refractivity contribution in [1.29, 1.82) is 0 Å². The van der Waals surface area contributed by atoms with E-state index in [2.05, 4.69) is 10.2 Å². The summed E-state index contributed by atoms with van der Waals surface area (Å²) in [4.78, 5) is 28.9. The Hall–Kier alpha value is -2.28. The molecule has 0 radical (unpaired) electrons. The van der Waals surface area contributed by atoms with Crippen LogP contribution >= 0.6 is 0 Å². The molecule has 0 spiro atoms. The minimum absolute atomic E-state index is 0.0313. The number of carbonyl (C=O) groups excluding carboxylic acids is 2. The van der Waals surface area contributed by atoms with Gasteiger partial charge in [-0.15, -0.1) is 0 Å². The summed E-state index contributed by atoms with van der Waals surface area (Å²) in [5.74, 6) is 0.213. The van der Waals surface area contributed by atoms with Gasteiger partial charge in [0.15, 0.2) is 0 Å². The van der Waals surface area contributed by atoms with Gasteiger partial charge >= 0.3 is 6.03 Å². The summed E-state index contributed by atoms with van der Waals surface area (Å²) in [6.07, 6.45) is 0. The number of nitrogens with one attached hydrogen (secondary N) is 1. The lowest BCUT2D eigenvalue weighted by Gasteiger charge is -2.34. The number of piperazine rings is 1. The molecule has 1 aliphatic heterocycles. The van der Waals surface area contributed by atoms with Crippen molar-refractivity contribution in [3.05, 3.63) is 29.8 Å². The Kier molecular flexibility index (Phi) is 5.81. The van der Waals surface area contributed by atoms with Crippen LogP contribution in [0.4, 0.5) is 4.79 Å². The van der Waals surface area contributed by atoms with Gasteiger partial charge in [-0.1, -0.05) is 12.1 Å². The minimum Gasteiger partial charge on any atom is -0.508 e. The maximum Gasteiger partial charge on any atom is 0.317 e. The molecule has 2 rings (SSSR count). The van der Waals surface area contributed by atoms with Gasteiger partial charge < -0.3 is 20.2 Å². The van der Waals surface area contributed by atoms with E-state index in [1.165, 1.54) is 4.90 Å². The fraction of sp³-hybridized carbons (Fsp3) is 0.500. The Labute approximate surface area is 136 Å². The van der Waals surface area contributed by atoms with E-state index in [-0.39, 0.29) is 24.2 Å². The number of benzene rings is 1. The number of amides is 3. The summed E-state index contributed by atoms with van der Waals surface area (Å²) >= 11 is 0. The van der Waals surface area contributed by atoms with Crippen LogP contribution in [-0.4, -0.2) is 78.6 Å². The summed E-state index contributed by atoms with van der Waals surface area (Å²) in [6.45, 7) is 3.65. The molecule has 3 amide bonds. The Morgan fingerprint density at radius 2 is 1.91 bits per heavy atom. The zero-order valence-corrected chi connectivity index (χ0v) is 13.7. The van der Waals surface area contributed by atoms with Gasteiger partial charge in [0.2, 0.25) is 5.91 Å². The molecule has 126 valence electrons. The van der Waals surface area contributed by atoms with Gasteiger partial charge in [0.25, 0.3) is 0 Å². The van der Waals surface area contributed by atoms with E-state index in [1.807, 2.05) is 12.1 Å². The Bertz CT molecular complexity index is 554. The van der Waals surface area contributed by atoms with E-state index < -0.39 is 0 Å². The fourth-order valence-corrected chi connectivity index (χ4v) is 2.49. The molecule has 0 aromatic heterocycles. The third kappa shape index (κ3) is 5.14. The van der Waals surface area contributed by atoms with Gasteiger partial charge in [0.1, 0.15) is 5.75 Å². The Balaban J connectivity index is 1.75. The molecule has 1 saturated heterocycles. The van der Waals surface area contributed by atoms with Gasteiger partial charge in [-0.05, 0) is 17.7 Å². The SMILES string of the molecule is CN(C)C(=O)NCC(=O)N1CCN(Cc2cccc(O)c2)CC1. The number of aromatic hydroxyl groups is 1. The van der Waals surface area contributed by atoms with Crippen molar-refractivity contribution in [3.63, 3.8) is 0 Å². The van der Waals surface area contributed by atoms with E-state index in [9.17, 15) is 14.7 Å². The average Bonchev–Trinajstić information content (AvgIpc) is 2.53. The highest BCUT2D eigenvalue weighted by molar-refractivity contribution is 5.83. The second-order valence-electron chi connectivity index (χ2n) is 5.88. The highest BCUT2D eigenvalue weighted by atomic mass is 16.3. The average molecular weight is 320 g/mol. The van der Waals surface area contributed by atoms with Crippen molar-refractivity contribution in [2.75, 3.05) is 46.8 Å². The number of urea groups is 1. The lowest BCUT2D eigenvalue weighted by Crippen LogP contribution is -2.51. The molecular weight excluding hydrogens is 296 g/mol. The molecule has 0 unspecified atom stereocenters. The number of phenols is 1. The molecule has 23 heavy (non-hydrogen) atoms. The van der Waals surface area contributed by atoms with Gasteiger partial charge in [-0.2, -0.15) is 0 Å². The molecule has 1 aromatic rings. The van der Waals surface area contributed by atoms with Crippen molar-refractivity contribution in [2.24, 2.45) is 0 Å². The van der Waals surface area contributed by atoms with Crippen molar-refractivity contribution in [1.82, 2.24) is 20.0 Å². The lowest BCUT2D eigenvalue weighted by molar-refractivity contribution is -0.131. The van der Waals surface area contributed by atoms with Crippen LogP contribution in [0, 0.1) is 0 Å². The van der Waals surface area contributed by atoms with Crippen LogP contribution in [0.15, 0.2) is 24.3 Å². The van der Waals surface area contributed by atoms with E-state index in [1.54, 1.807) is 31.1 Å². The number of carbonyl (C=O) groups is 2. The molecule has 1 aliphatic rings. The molecule has 0 aliphatic carbocycles. The number of rotatable bonds is 4. The largest absolute Gasteiger partial charge is 0.508 e. The first-order chi connectivity index (χ1) is 11.0. The number of nitrogens with zero attached hydrogens (tertiary/aromatic N) is 3. The van der Waals surface area contributed by atoms with Crippen molar-refractivity contribution < 1.29 is 14.7 Å². The second-order valence-corrected chi connectivity index (χ2v) is 5.88. The first-order valence-electron chi connectivity index (χ1n) is 7.69. The summed E-state index contributed by atoms with van der Waals surface area (Å²) in [6, 6.07) is 6.96. The predicted octanol–water partition coefficient (Wildman–Crippen LogP) is 0.308. The van der Waals surface area contributed by atoms with Crippen molar-refractivity contribution in [3.8, 4) is 5.75 Å². The maximum absolute atomic E-state index is 12.1. The molecular formula is C16H24N4O3. The van der Waals surface area contributed by atoms with Crippen LogP contribution in [0.5, 0.6) is 5.75 Å². The zero-order chi connectivity index (χ0) is 16.8. The van der Waals surface area contributed by atoms with E-state index >= 15 is 0 Å². The monoisotopic (exact) mass is 320 g/mol. The maximum atomic E-state index is 12.1. The lowest BCUT2D eigenvalue weighted by atomic mass is 10.2. The molecule has 0 saturated carbocycles. The quantitative estimate of drug-likeness (QED) is 0.837. The van der Waals surface area contributed by atoms with Gasteiger partial charge in [0, 0.05) is 46.8 Å². The van der Waals surface area contributed by atoms with Crippen LogP contribution in [0.2, 0.25) is 0 Å². The van der Waals surface area contributed by atoms with Crippen molar-refractivity contribution >= 4 is 11.9 Å². The zero-order valence-electron chi connectivity index (χ0n) is 13.7. The fourth-order valence-electron chi connectivity index (χ4n) is 2.49. The van der Waals surface area contributed by atoms with Crippen LogP contribution in [0.25, 0.3) is 0 Å². The van der Waals surface area contributed by atoms with E-state index in [0.717, 1.165) is 25.2 Å². The van der Waals surface area contributed by atoms with E-state index in [0.29, 0.717) is 13.1 Å². The molecule has 1 heterocycles. The third-order valence-corrected chi connectivity index (χ3v) is 3.84. The van der Waals surface area contributed by atoms with Gasteiger partial charge in [-0.3, -0.25) is 9.69 Å². The van der Waals surface area contributed by atoms with E-state index in [4.69, 9.17) is 0 Å². The second kappa shape index (κ2) is 7.82. The molecule has 1 fully saturated rings. The van der Waals surface area contributed by atoms with Crippen LogP contribution < -0.4 is 5.32 Å². The van der Waals surface area contributed by atoms with Crippen molar-refractivity contribution in [2.45, 2.75) is 6.54 Å². The number of phenolic OH excluding ortho intramolecular Hbond substituents is 1. The topological polar surface area (TPSA) is 76.1 Å². The highest BCUT2D eigenvalue weighted by Gasteiger charge is 2.21. The smallest absolute Gasteiger partial charge is 0.317 e. The highest BCUT2D eigenvalue weighted by Crippen LogP contribution is 2.14. The number of hydrogen-bond acceptors (Lipinski definition) is 4. The molecule has 2 N–H and O–H groups in total. The van der Waals surface area contributed by atoms with Crippen LogP contribution in [-0.2, 0) is 11.3 Å². The molecule has 1 aromatic carbocycles. The summed E-state index contributed by atoms with van der Waals surface area (Å²) in [5.41, 5.74) is 1.06. The Morgan fingerprint density at radius 3 is 2.52 bits per heavy atom.